The zero-order valence-electron chi connectivity index (χ0n) is 11.9. The van der Waals surface area contributed by atoms with E-state index in [4.69, 9.17) is 0 Å². The van der Waals surface area contributed by atoms with Crippen LogP contribution in [0.5, 0.6) is 0 Å². The van der Waals surface area contributed by atoms with Gasteiger partial charge in [-0.15, -0.1) is 5.11 Å². The lowest BCUT2D eigenvalue weighted by molar-refractivity contribution is -0.140. The average molecular weight is 369 g/mol. The molecule has 2 aromatic rings. The van der Waals surface area contributed by atoms with E-state index in [1.807, 2.05) is 0 Å². The van der Waals surface area contributed by atoms with Crippen molar-refractivity contribution in [3.05, 3.63) is 59.2 Å². The van der Waals surface area contributed by atoms with Crippen molar-refractivity contribution in [2.45, 2.75) is 12.4 Å². The maximum absolute atomic E-state index is 13.7. The van der Waals surface area contributed by atoms with Gasteiger partial charge in [-0.1, -0.05) is 17.4 Å². The normalized spacial score (nSPS) is 12.6. The molecule has 11 heteroatoms. The van der Waals surface area contributed by atoms with Gasteiger partial charge in [0.15, 0.2) is 11.6 Å². The quantitative estimate of drug-likeness (QED) is 0.395. The third-order valence-corrected chi connectivity index (χ3v) is 2.92. The SMILES string of the molecule is Fc1c(N=NNc2cccc(C(F)(F)F)c2F)cccc1C(F)(F)F. The van der Waals surface area contributed by atoms with Gasteiger partial charge in [-0.3, -0.25) is 5.43 Å². The molecule has 0 saturated carbocycles. The van der Waals surface area contributed by atoms with Gasteiger partial charge in [0.1, 0.15) is 5.69 Å². The zero-order chi connectivity index (χ0) is 18.8. The molecule has 134 valence electrons. The molecule has 0 atom stereocenters. The standard InChI is InChI=1S/C14H7F8N3/c15-11-7(13(17,18)19)3-1-5-9(11)23-25-24-10-6-2-4-8(12(10)16)14(20,21)22/h1-6H,(H,23,24). The number of hydrogen-bond acceptors (Lipinski definition) is 2. The van der Waals surface area contributed by atoms with E-state index in [0.717, 1.165) is 24.3 Å². The summed E-state index contributed by atoms with van der Waals surface area (Å²) in [6.07, 6.45) is -9.91. The van der Waals surface area contributed by atoms with E-state index in [9.17, 15) is 35.1 Å². The Bertz CT molecular complexity index is 796. The van der Waals surface area contributed by atoms with Crippen LogP contribution in [-0.4, -0.2) is 0 Å². The van der Waals surface area contributed by atoms with Crippen molar-refractivity contribution < 1.29 is 35.1 Å². The Morgan fingerprint density at radius 1 is 0.720 bits per heavy atom. The Hall–Kier alpha value is -2.72. The van der Waals surface area contributed by atoms with Gasteiger partial charge in [0, 0.05) is 0 Å². The fourth-order valence-electron chi connectivity index (χ4n) is 1.79. The molecule has 2 rings (SSSR count). The van der Waals surface area contributed by atoms with Crippen molar-refractivity contribution in [3.8, 4) is 0 Å². The summed E-state index contributed by atoms with van der Waals surface area (Å²) >= 11 is 0. The van der Waals surface area contributed by atoms with Gasteiger partial charge < -0.3 is 0 Å². The predicted molar refractivity (Wildman–Crippen MR) is 70.9 cm³/mol. The van der Waals surface area contributed by atoms with Crippen LogP contribution in [-0.2, 0) is 12.4 Å². The van der Waals surface area contributed by atoms with E-state index in [-0.39, 0.29) is 0 Å². The summed E-state index contributed by atoms with van der Waals surface area (Å²) in [6.45, 7) is 0. The van der Waals surface area contributed by atoms with Crippen LogP contribution in [0.15, 0.2) is 46.7 Å². The first-order valence-electron chi connectivity index (χ1n) is 6.40. The Kier molecular flexibility index (Phi) is 4.95. The topological polar surface area (TPSA) is 36.8 Å². The highest BCUT2D eigenvalue weighted by Gasteiger charge is 2.35. The molecular formula is C14H7F8N3. The van der Waals surface area contributed by atoms with Crippen LogP contribution < -0.4 is 5.43 Å². The average Bonchev–Trinajstić information content (AvgIpc) is 2.48. The van der Waals surface area contributed by atoms with Crippen LogP contribution in [0.1, 0.15) is 11.1 Å². The molecule has 0 amide bonds. The Morgan fingerprint density at radius 3 is 1.80 bits per heavy atom. The number of hydrogen-bond donors (Lipinski definition) is 1. The first kappa shape index (κ1) is 18.6. The van der Waals surface area contributed by atoms with Crippen LogP contribution >= 0.6 is 0 Å². The maximum Gasteiger partial charge on any atom is 0.419 e. The lowest BCUT2D eigenvalue weighted by Crippen LogP contribution is -2.09. The summed E-state index contributed by atoms with van der Waals surface area (Å²) in [5.41, 5.74) is -2.92. The molecule has 0 aliphatic rings. The number of anilines is 1. The van der Waals surface area contributed by atoms with Crippen molar-refractivity contribution >= 4 is 11.4 Å². The van der Waals surface area contributed by atoms with E-state index >= 15 is 0 Å². The van der Waals surface area contributed by atoms with E-state index in [0.29, 0.717) is 12.1 Å². The molecule has 0 fully saturated rings. The molecule has 2 aromatic carbocycles. The molecule has 0 aliphatic carbocycles. The van der Waals surface area contributed by atoms with Crippen LogP contribution in [0.3, 0.4) is 0 Å². The van der Waals surface area contributed by atoms with Gasteiger partial charge >= 0.3 is 12.4 Å². The van der Waals surface area contributed by atoms with E-state index in [2.05, 4.69) is 10.3 Å². The lowest BCUT2D eigenvalue weighted by atomic mass is 10.2. The highest BCUT2D eigenvalue weighted by molar-refractivity contribution is 5.48. The Morgan fingerprint density at radius 2 is 1.24 bits per heavy atom. The van der Waals surface area contributed by atoms with Crippen molar-refractivity contribution in [2.75, 3.05) is 5.43 Å². The number of nitrogens with zero attached hydrogens (tertiary/aromatic N) is 2. The molecule has 25 heavy (non-hydrogen) atoms. The molecule has 0 radical (unpaired) electrons. The summed E-state index contributed by atoms with van der Waals surface area (Å²) in [7, 11) is 0. The summed E-state index contributed by atoms with van der Waals surface area (Å²) in [4.78, 5) is 0. The summed E-state index contributed by atoms with van der Waals surface area (Å²) in [6, 6.07) is 4.47. The van der Waals surface area contributed by atoms with E-state index in [1.54, 1.807) is 5.43 Å². The van der Waals surface area contributed by atoms with Gasteiger partial charge in [0.2, 0.25) is 0 Å². The molecule has 3 nitrogen and oxygen atoms in total. The van der Waals surface area contributed by atoms with Gasteiger partial charge in [0.05, 0.1) is 16.8 Å². The monoisotopic (exact) mass is 369 g/mol. The largest absolute Gasteiger partial charge is 0.419 e. The molecule has 0 spiro atoms. The number of benzene rings is 2. The van der Waals surface area contributed by atoms with Crippen LogP contribution in [0.2, 0.25) is 0 Å². The van der Waals surface area contributed by atoms with E-state index in [1.165, 1.54) is 0 Å². The minimum Gasteiger partial charge on any atom is -0.257 e. The second kappa shape index (κ2) is 6.65. The maximum atomic E-state index is 13.7. The first-order valence-corrected chi connectivity index (χ1v) is 6.40. The molecular weight excluding hydrogens is 362 g/mol. The fourth-order valence-corrected chi connectivity index (χ4v) is 1.79. The number of nitrogens with one attached hydrogen (secondary N) is 1. The molecule has 0 unspecified atom stereocenters. The Labute approximate surface area is 135 Å². The summed E-state index contributed by atoms with van der Waals surface area (Å²) in [5.74, 6) is -3.40. The zero-order valence-corrected chi connectivity index (χ0v) is 11.9. The van der Waals surface area contributed by atoms with Gasteiger partial charge in [-0.05, 0) is 24.3 Å². The lowest BCUT2D eigenvalue weighted by Gasteiger charge is -2.10. The van der Waals surface area contributed by atoms with E-state index < -0.39 is 46.5 Å². The fraction of sp³-hybridized carbons (Fsp3) is 0.143. The second-order valence-corrected chi connectivity index (χ2v) is 4.61. The first-order chi connectivity index (χ1) is 11.5. The highest BCUT2D eigenvalue weighted by atomic mass is 19.4. The van der Waals surface area contributed by atoms with Crippen LogP contribution in [0.4, 0.5) is 46.5 Å². The summed E-state index contributed by atoms with van der Waals surface area (Å²) in [5, 5.41) is 6.14. The van der Waals surface area contributed by atoms with Crippen LogP contribution in [0, 0.1) is 11.6 Å². The molecule has 0 aliphatic heterocycles. The summed E-state index contributed by atoms with van der Waals surface area (Å²) < 4.78 is 103. The van der Waals surface area contributed by atoms with Crippen molar-refractivity contribution in [3.63, 3.8) is 0 Å². The third-order valence-electron chi connectivity index (χ3n) is 2.92. The predicted octanol–water partition coefficient (Wildman–Crippen LogP) is 6.11. The molecule has 0 saturated heterocycles. The molecule has 0 bridgehead atoms. The van der Waals surface area contributed by atoms with Crippen molar-refractivity contribution in [1.82, 2.24) is 0 Å². The number of alkyl halides is 6. The number of halogens is 8. The van der Waals surface area contributed by atoms with Crippen molar-refractivity contribution in [2.24, 2.45) is 10.3 Å². The van der Waals surface area contributed by atoms with Gasteiger partial charge in [-0.25, -0.2) is 8.78 Å². The molecule has 1 N–H and O–H groups in total. The molecule has 0 heterocycles. The minimum atomic E-state index is -4.96. The van der Waals surface area contributed by atoms with Gasteiger partial charge in [0.25, 0.3) is 0 Å². The van der Waals surface area contributed by atoms with Gasteiger partial charge in [-0.2, -0.15) is 26.3 Å². The Balaban J connectivity index is 2.26. The highest BCUT2D eigenvalue weighted by Crippen LogP contribution is 2.35. The number of rotatable bonds is 3. The third kappa shape index (κ3) is 4.22. The van der Waals surface area contributed by atoms with Crippen LogP contribution in [0.25, 0.3) is 0 Å². The minimum absolute atomic E-state index is 0.480. The molecule has 0 aromatic heterocycles. The van der Waals surface area contributed by atoms with Crippen molar-refractivity contribution in [1.29, 1.82) is 0 Å². The second-order valence-electron chi connectivity index (χ2n) is 4.61. The smallest absolute Gasteiger partial charge is 0.257 e.